The van der Waals surface area contributed by atoms with Crippen LogP contribution in [-0.2, 0) is 0 Å². The molecular formula is C13H12ClN5O2. The van der Waals surface area contributed by atoms with Crippen LogP contribution in [0.5, 0.6) is 0 Å². The van der Waals surface area contributed by atoms with Gasteiger partial charge < -0.3 is 10.8 Å². The normalized spacial score (nSPS) is 12.7. The maximum absolute atomic E-state index is 12.7. The fourth-order valence-corrected chi connectivity index (χ4v) is 2.39. The fourth-order valence-electron chi connectivity index (χ4n) is 2.14. The Morgan fingerprint density at radius 2 is 2.24 bits per heavy atom. The lowest BCUT2D eigenvalue weighted by Gasteiger charge is -2.15. The van der Waals surface area contributed by atoms with E-state index in [2.05, 4.69) is 15.2 Å². The predicted molar refractivity (Wildman–Crippen MR) is 78.5 cm³/mol. The van der Waals surface area contributed by atoms with E-state index in [1.807, 2.05) is 0 Å². The Bertz CT molecular complexity index is 844. The summed E-state index contributed by atoms with van der Waals surface area (Å²) in [5.41, 5.74) is 5.93. The number of fused-ring (bicyclic) bond motifs is 1. The molecule has 0 aliphatic carbocycles. The van der Waals surface area contributed by atoms with Gasteiger partial charge in [0.2, 0.25) is 0 Å². The summed E-state index contributed by atoms with van der Waals surface area (Å²) >= 11 is 6.10. The van der Waals surface area contributed by atoms with Gasteiger partial charge >= 0.3 is 0 Å². The number of benzene rings is 1. The highest BCUT2D eigenvalue weighted by Gasteiger charge is 2.19. The van der Waals surface area contributed by atoms with Gasteiger partial charge in [-0.3, -0.25) is 9.89 Å². The average molecular weight is 306 g/mol. The van der Waals surface area contributed by atoms with E-state index in [0.717, 1.165) is 0 Å². The summed E-state index contributed by atoms with van der Waals surface area (Å²) in [5, 5.41) is 16.4. The molecule has 0 radical (unpaired) electrons. The van der Waals surface area contributed by atoms with E-state index in [1.165, 1.54) is 10.8 Å². The van der Waals surface area contributed by atoms with E-state index < -0.39 is 6.04 Å². The van der Waals surface area contributed by atoms with E-state index in [4.69, 9.17) is 17.3 Å². The average Bonchev–Trinajstić information content (AvgIpc) is 2.99. The summed E-state index contributed by atoms with van der Waals surface area (Å²) in [4.78, 5) is 17.1. The first-order valence-electron chi connectivity index (χ1n) is 6.21. The van der Waals surface area contributed by atoms with Crippen LogP contribution in [-0.4, -0.2) is 31.5 Å². The summed E-state index contributed by atoms with van der Waals surface area (Å²) in [6.45, 7) is -0.341. The van der Waals surface area contributed by atoms with Crippen molar-refractivity contribution < 1.29 is 5.11 Å². The van der Waals surface area contributed by atoms with Crippen molar-refractivity contribution in [3.05, 3.63) is 51.7 Å². The molecule has 0 aliphatic heterocycles. The van der Waals surface area contributed by atoms with Crippen molar-refractivity contribution in [2.24, 2.45) is 5.73 Å². The van der Waals surface area contributed by atoms with Gasteiger partial charge in [0.15, 0.2) is 0 Å². The number of hydrogen-bond donors (Lipinski definition) is 3. The molecule has 4 N–H and O–H groups in total. The van der Waals surface area contributed by atoms with Crippen LogP contribution >= 0.6 is 11.6 Å². The zero-order chi connectivity index (χ0) is 15.0. The van der Waals surface area contributed by atoms with E-state index in [0.29, 0.717) is 21.7 Å². The molecule has 0 aliphatic rings. The lowest BCUT2D eigenvalue weighted by molar-refractivity contribution is 0.262. The van der Waals surface area contributed by atoms with Crippen LogP contribution in [0.1, 0.15) is 11.9 Å². The molecule has 7 nitrogen and oxygen atoms in total. The Kier molecular flexibility index (Phi) is 3.46. The third-order valence-electron chi connectivity index (χ3n) is 3.13. The van der Waals surface area contributed by atoms with Crippen molar-refractivity contribution in [1.82, 2.24) is 19.7 Å². The maximum Gasteiger partial charge on any atom is 0.268 e. The molecule has 2 aromatic heterocycles. The molecule has 108 valence electrons. The number of nitrogens with two attached hydrogens (primary N) is 1. The van der Waals surface area contributed by atoms with Crippen molar-refractivity contribution >= 4 is 22.5 Å². The summed E-state index contributed by atoms with van der Waals surface area (Å²) < 4.78 is 1.28. The lowest BCUT2D eigenvalue weighted by Crippen LogP contribution is -2.30. The van der Waals surface area contributed by atoms with Gasteiger partial charge in [0, 0.05) is 6.07 Å². The van der Waals surface area contributed by atoms with Gasteiger partial charge in [-0.2, -0.15) is 5.10 Å². The SMILES string of the molecule is NC(CO)c1nc2cccc(Cl)c2c(=O)n1-c1ccn[nH]1. The highest BCUT2D eigenvalue weighted by atomic mass is 35.5. The standard InChI is InChI=1S/C13H12ClN5O2/c14-7-2-1-3-9-11(7)13(21)19(10-4-5-16-18-10)12(17-9)8(15)6-20/h1-5,8,20H,6,15H2,(H,16,18). The number of aliphatic hydroxyl groups excluding tert-OH is 1. The van der Waals surface area contributed by atoms with Gasteiger partial charge in [-0.25, -0.2) is 9.55 Å². The third kappa shape index (κ3) is 2.21. The number of H-pyrrole nitrogens is 1. The van der Waals surface area contributed by atoms with Gasteiger partial charge in [-0.15, -0.1) is 0 Å². The van der Waals surface area contributed by atoms with Crippen molar-refractivity contribution in [2.75, 3.05) is 6.61 Å². The van der Waals surface area contributed by atoms with Gasteiger partial charge in [0.05, 0.1) is 34.8 Å². The van der Waals surface area contributed by atoms with Crippen molar-refractivity contribution in [3.8, 4) is 5.82 Å². The number of nitrogens with zero attached hydrogens (tertiary/aromatic N) is 3. The minimum Gasteiger partial charge on any atom is -0.394 e. The fraction of sp³-hybridized carbons (Fsp3) is 0.154. The Hall–Kier alpha value is -2.22. The number of hydrogen-bond acceptors (Lipinski definition) is 5. The van der Waals surface area contributed by atoms with Crippen molar-refractivity contribution in [3.63, 3.8) is 0 Å². The van der Waals surface area contributed by atoms with Gasteiger partial charge in [-0.1, -0.05) is 17.7 Å². The molecule has 0 spiro atoms. The molecule has 0 amide bonds. The second-order valence-corrected chi connectivity index (χ2v) is 4.88. The molecule has 21 heavy (non-hydrogen) atoms. The Balaban J connectivity index is 2.45. The first-order chi connectivity index (χ1) is 10.1. The van der Waals surface area contributed by atoms with Crippen LogP contribution in [0, 0.1) is 0 Å². The van der Waals surface area contributed by atoms with Crippen LogP contribution in [0.4, 0.5) is 0 Å². The van der Waals surface area contributed by atoms with Crippen LogP contribution < -0.4 is 11.3 Å². The first kappa shape index (κ1) is 13.7. The molecule has 1 aromatic carbocycles. The van der Waals surface area contributed by atoms with E-state index in [-0.39, 0.29) is 18.0 Å². The highest BCUT2D eigenvalue weighted by Crippen LogP contribution is 2.21. The Morgan fingerprint density at radius 1 is 1.43 bits per heavy atom. The molecule has 0 saturated heterocycles. The number of nitrogens with one attached hydrogen (secondary N) is 1. The van der Waals surface area contributed by atoms with Crippen molar-refractivity contribution in [1.29, 1.82) is 0 Å². The number of aliphatic hydroxyl groups is 1. The largest absolute Gasteiger partial charge is 0.394 e. The van der Waals surface area contributed by atoms with Crippen LogP contribution in [0.2, 0.25) is 5.02 Å². The van der Waals surface area contributed by atoms with Crippen LogP contribution in [0.3, 0.4) is 0 Å². The second kappa shape index (κ2) is 5.28. The third-order valence-corrected chi connectivity index (χ3v) is 3.44. The van der Waals surface area contributed by atoms with E-state index in [1.54, 1.807) is 24.3 Å². The monoisotopic (exact) mass is 305 g/mol. The molecule has 3 rings (SSSR count). The first-order valence-corrected chi connectivity index (χ1v) is 6.58. The molecule has 1 unspecified atom stereocenters. The molecular weight excluding hydrogens is 294 g/mol. The van der Waals surface area contributed by atoms with Crippen LogP contribution in [0.25, 0.3) is 16.7 Å². The number of rotatable bonds is 3. The quantitative estimate of drug-likeness (QED) is 0.661. The minimum absolute atomic E-state index is 0.238. The summed E-state index contributed by atoms with van der Waals surface area (Å²) in [6, 6.07) is 5.80. The maximum atomic E-state index is 12.7. The van der Waals surface area contributed by atoms with E-state index >= 15 is 0 Å². The summed E-state index contributed by atoms with van der Waals surface area (Å²) in [7, 11) is 0. The van der Waals surface area contributed by atoms with Gasteiger partial charge in [0.1, 0.15) is 11.6 Å². The molecule has 8 heteroatoms. The zero-order valence-electron chi connectivity index (χ0n) is 10.8. The minimum atomic E-state index is -0.801. The van der Waals surface area contributed by atoms with E-state index in [9.17, 15) is 9.90 Å². The highest BCUT2D eigenvalue weighted by molar-refractivity contribution is 6.35. The molecule has 0 bridgehead atoms. The number of aromatic amines is 1. The molecule has 3 aromatic rings. The molecule has 0 fully saturated rings. The number of halogens is 1. The molecule has 2 heterocycles. The smallest absolute Gasteiger partial charge is 0.268 e. The molecule has 1 atom stereocenters. The zero-order valence-corrected chi connectivity index (χ0v) is 11.6. The summed E-state index contributed by atoms with van der Waals surface area (Å²) in [6.07, 6.45) is 1.51. The predicted octanol–water partition coefficient (Wildman–Crippen LogP) is 0.754. The topological polar surface area (TPSA) is 110 Å². The lowest BCUT2D eigenvalue weighted by atomic mass is 10.2. The van der Waals surface area contributed by atoms with Gasteiger partial charge in [0.25, 0.3) is 5.56 Å². The molecule has 0 saturated carbocycles. The second-order valence-electron chi connectivity index (χ2n) is 4.48. The number of aromatic nitrogens is 4. The van der Waals surface area contributed by atoms with Crippen LogP contribution in [0.15, 0.2) is 35.3 Å². The Morgan fingerprint density at radius 3 is 2.90 bits per heavy atom. The van der Waals surface area contributed by atoms with Gasteiger partial charge in [-0.05, 0) is 12.1 Å². The Labute approximate surface area is 124 Å². The summed E-state index contributed by atoms with van der Waals surface area (Å²) in [5.74, 6) is 0.648. The van der Waals surface area contributed by atoms with Crippen molar-refractivity contribution in [2.45, 2.75) is 6.04 Å².